The Labute approximate surface area is 157 Å². The first-order chi connectivity index (χ1) is 12.0. The van der Waals surface area contributed by atoms with Gasteiger partial charge >= 0.3 is 0 Å². The number of nitrogens with zero attached hydrogens (tertiary/aromatic N) is 1. The zero-order valence-corrected chi connectivity index (χ0v) is 15.4. The number of anilines is 1. The van der Waals surface area contributed by atoms with Crippen LogP contribution in [-0.2, 0) is 9.53 Å². The summed E-state index contributed by atoms with van der Waals surface area (Å²) in [7, 11) is 0. The van der Waals surface area contributed by atoms with Crippen LogP contribution in [0.5, 0.6) is 0 Å². The Morgan fingerprint density at radius 1 is 1.31 bits per heavy atom. The lowest BCUT2D eigenvalue weighted by Gasteiger charge is -2.34. The van der Waals surface area contributed by atoms with Crippen molar-refractivity contribution >= 4 is 24.0 Å². The Morgan fingerprint density at radius 3 is 2.54 bits per heavy atom. The van der Waals surface area contributed by atoms with Crippen molar-refractivity contribution in [2.24, 2.45) is 11.1 Å². The molecule has 26 heavy (non-hydrogen) atoms. The Kier molecular flexibility index (Phi) is 6.52. The summed E-state index contributed by atoms with van der Waals surface area (Å²) in [5.41, 5.74) is 7.22. The van der Waals surface area contributed by atoms with Crippen molar-refractivity contribution < 1.29 is 9.53 Å². The van der Waals surface area contributed by atoms with E-state index in [9.17, 15) is 9.59 Å². The molecule has 1 amide bonds. The number of carbonyl (C=O) groups is 1. The highest BCUT2D eigenvalue weighted by Gasteiger charge is 2.38. The van der Waals surface area contributed by atoms with Crippen molar-refractivity contribution in [2.75, 3.05) is 25.1 Å². The molecule has 8 heteroatoms. The largest absolute Gasteiger partial charge is 0.381 e. The van der Waals surface area contributed by atoms with Gasteiger partial charge in [-0.1, -0.05) is 0 Å². The van der Waals surface area contributed by atoms with Crippen LogP contribution < -0.4 is 16.6 Å². The summed E-state index contributed by atoms with van der Waals surface area (Å²) in [6, 6.07) is 8.65. The lowest BCUT2D eigenvalue weighted by atomic mass is 9.79. The lowest BCUT2D eigenvalue weighted by Crippen LogP contribution is -2.46. The number of nitrogens with two attached hydrogens (primary N) is 1. The molecule has 0 bridgehead atoms. The van der Waals surface area contributed by atoms with E-state index < -0.39 is 5.41 Å². The Hall–Kier alpha value is -2.22. The minimum atomic E-state index is -0.569. The molecule has 2 heterocycles. The normalized spacial score (nSPS) is 15.8. The van der Waals surface area contributed by atoms with Crippen LogP contribution in [-0.4, -0.2) is 35.6 Å². The van der Waals surface area contributed by atoms with Gasteiger partial charge in [0.15, 0.2) is 0 Å². The Balaban J connectivity index is 0.00000243. The first kappa shape index (κ1) is 20.1. The average molecular weight is 379 g/mol. The van der Waals surface area contributed by atoms with Gasteiger partial charge in [-0.15, -0.1) is 12.4 Å². The number of rotatable bonds is 4. The first-order valence-electron chi connectivity index (χ1n) is 8.30. The summed E-state index contributed by atoms with van der Waals surface area (Å²) in [4.78, 5) is 31.3. The molecule has 0 atom stereocenters. The third-order valence-electron chi connectivity index (χ3n) is 4.61. The molecule has 0 unspecified atom stereocenters. The lowest BCUT2D eigenvalue weighted by molar-refractivity contribution is -0.130. The molecule has 7 nitrogen and oxygen atoms in total. The average Bonchev–Trinajstić information content (AvgIpc) is 2.62. The number of ether oxygens (including phenoxy) is 1. The topological polar surface area (TPSA) is 110 Å². The van der Waals surface area contributed by atoms with Gasteiger partial charge in [0, 0.05) is 42.8 Å². The van der Waals surface area contributed by atoms with Gasteiger partial charge < -0.3 is 20.8 Å². The molecule has 0 saturated carbocycles. The molecule has 1 fully saturated rings. The number of hydrogen-bond acceptors (Lipinski definition) is 5. The molecule has 2 aromatic rings. The maximum absolute atomic E-state index is 12.7. The zero-order valence-electron chi connectivity index (χ0n) is 14.6. The van der Waals surface area contributed by atoms with Crippen molar-refractivity contribution in [1.29, 1.82) is 0 Å². The maximum atomic E-state index is 12.7. The van der Waals surface area contributed by atoms with E-state index in [0.717, 1.165) is 5.56 Å². The molecule has 140 valence electrons. The molecular formula is C18H23ClN4O3. The zero-order chi connectivity index (χ0) is 17.9. The van der Waals surface area contributed by atoms with Gasteiger partial charge in [-0.3, -0.25) is 9.59 Å². The number of halogens is 1. The molecule has 3 rings (SSSR count). The number of hydrogen-bond donors (Lipinski definition) is 3. The summed E-state index contributed by atoms with van der Waals surface area (Å²) in [5, 5.41) is 2.94. The number of amides is 1. The quantitative estimate of drug-likeness (QED) is 0.752. The fraction of sp³-hybridized carbons (Fsp3) is 0.389. The van der Waals surface area contributed by atoms with E-state index in [-0.39, 0.29) is 23.9 Å². The highest BCUT2D eigenvalue weighted by atomic mass is 35.5. The maximum Gasteiger partial charge on any atom is 0.251 e. The van der Waals surface area contributed by atoms with E-state index in [1.165, 1.54) is 6.07 Å². The van der Waals surface area contributed by atoms with E-state index >= 15 is 0 Å². The van der Waals surface area contributed by atoms with Gasteiger partial charge in [0.25, 0.3) is 5.56 Å². The van der Waals surface area contributed by atoms with Crippen molar-refractivity contribution in [3.63, 3.8) is 0 Å². The molecule has 1 aromatic carbocycles. The second kappa shape index (κ2) is 8.44. The van der Waals surface area contributed by atoms with Gasteiger partial charge in [-0.05, 0) is 44.0 Å². The molecule has 0 aliphatic carbocycles. The van der Waals surface area contributed by atoms with E-state index in [2.05, 4.69) is 15.3 Å². The van der Waals surface area contributed by atoms with Gasteiger partial charge in [-0.25, -0.2) is 4.98 Å². The number of benzene rings is 1. The van der Waals surface area contributed by atoms with Gasteiger partial charge in [0.05, 0.1) is 5.41 Å². The number of aryl methyl sites for hydroxylation is 1. The number of nitrogens with one attached hydrogen (secondary N) is 2. The van der Waals surface area contributed by atoms with Crippen molar-refractivity contribution in [3.8, 4) is 11.4 Å². The van der Waals surface area contributed by atoms with E-state index in [0.29, 0.717) is 49.8 Å². The van der Waals surface area contributed by atoms with Gasteiger partial charge in [0.2, 0.25) is 5.91 Å². The van der Waals surface area contributed by atoms with Crippen LogP contribution >= 0.6 is 12.4 Å². The minimum Gasteiger partial charge on any atom is -0.381 e. The highest BCUT2D eigenvalue weighted by molar-refractivity contribution is 5.95. The molecular weight excluding hydrogens is 356 g/mol. The van der Waals surface area contributed by atoms with Crippen molar-refractivity contribution in [2.45, 2.75) is 19.8 Å². The third-order valence-corrected chi connectivity index (χ3v) is 4.61. The van der Waals surface area contributed by atoms with Crippen LogP contribution in [0.3, 0.4) is 0 Å². The summed E-state index contributed by atoms with van der Waals surface area (Å²) in [6.45, 7) is 3.17. The molecule has 4 N–H and O–H groups in total. The first-order valence-corrected chi connectivity index (χ1v) is 8.30. The predicted molar refractivity (Wildman–Crippen MR) is 102 cm³/mol. The van der Waals surface area contributed by atoms with Gasteiger partial charge in [-0.2, -0.15) is 0 Å². The van der Waals surface area contributed by atoms with E-state index in [1.54, 1.807) is 19.1 Å². The molecule has 1 saturated heterocycles. The van der Waals surface area contributed by atoms with Crippen LogP contribution in [0.2, 0.25) is 0 Å². The second-order valence-electron chi connectivity index (χ2n) is 6.36. The summed E-state index contributed by atoms with van der Waals surface area (Å²) >= 11 is 0. The Bertz CT molecular complexity index is 814. The summed E-state index contributed by atoms with van der Waals surface area (Å²) in [5.74, 6) is 0.430. The fourth-order valence-electron chi connectivity index (χ4n) is 2.98. The smallest absolute Gasteiger partial charge is 0.251 e. The standard InChI is InChI=1S/C18H22N4O3.ClH/c1-12-10-15(23)22-16(20-12)13-2-4-14(5-3-13)21-17(24)18(11-19)6-8-25-9-7-18;/h2-5,10H,6-9,11,19H2,1H3,(H,21,24)(H,20,22,23);1H. The van der Waals surface area contributed by atoms with Crippen LogP contribution in [0, 0.1) is 12.3 Å². The van der Waals surface area contributed by atoms with E-state index in [1.807, 2.05) is 12.1 Å². The van der Waals surface area contributed by atoms with E-state index in [4.69, 9.17) is 10.5 Å². The molecule has 1 aromatic heterocycles. The van der Waals surface area contributed by atoms with Crippen molar-refractivity contribution in [1.82, 2.24) is 9.97 Å². The number of carbonyl (C=O) groups excluding carboxylic acids is 1. The number of aromatic nitrogens is 2. The summed E-state index contributed by atoms with van der Waals surface area (Å²) < 4.78 is 5.34. The second-order valence-corrected chi connectivity index (χ2v) is 6.36. The predicted octanol–water partition coefficient (Wildman–Crippen LogP) is 1.86. The minimum absolute atomic E-state index is 0. The molecule has 0 radical (unpaired) electrons. The fourth-order valence-corrected chi connectivity index (χ4v) is 2.98. The molecule has 1 aliphatic rings. The highest BCUT2D eigenvalue weighted by Crippen LogP contribution is 2.31. The SMILES string of the molecule is Cc1cc(=O)[nH]c(-c2ccc(NC(=O)C3(CN)CCOCC3)cc2)n1.Cl. The molecule has 1 aliphatic heterocycles. The monoisotopic (exact) mass is 378 g/mol. The van der Waals surface area contributed by atoms with Gasteiger partial charge in [0.1, 0.15) is 5.82 Å². The Morgan fingerprint density at radius 2 is 1.96 bits per heavy atom. The number of H-pyrrole nitrogens is 1. The molecule has 0 spiro atoms. The van der Waals surface area contributed by atoms with Crippen LogP contribution in [0.4, 0.5) is 5.69 Å². The number of aromatic amines is 1. The van der Waals surface area contributed by atoms with Crippen LogP contribution in [0.25, 0.3) is 11.4 Å². The summed E-state index contributed by atoms with van der Waals surface area (Å²) in [6.07, 6.45) is 1.25. The third kappa shape index (κ3) is 4.30. The van der Waals surface area contributed by atoms with Crippen LogP contribution in [0.1, 0.15) is 18.5 Å². The van der Waals surface area contributed by atoms with Crippen LogP contribution in [0.15, 0.2) is 35.1 Å². The van der Waals surface area contributed by atoms with Crippen molar-refractivity contribution in [3.05, 3.63) is 46.4 Å².